The summed E-state index contributed by atoms with van der Waals surface area (Å²) in [5, 5.41) is 6.04. The highest BCUT2D eigenvalue weighted by atomic mass is 32.2. The number of anilines is 2. The van der Waals surface area contributed by atoms with Crippen LogP contribution in [0.3, 0.4) is 0 Å². The third-order valence-electron chi connectivity index (χ3n) is 5.21. The van der Waals surface area contributed by atoms with E-state index in [2.05, 4.69) is 15.6 Å². The van der Waals surface area contributed by atoms with E-state index in [0.29, 0.717) is 23.8 Å². The summed E-state index contributed by atoms with van der Waals surface area (Å²) < 4.78 is 27.4. The van der Waals surface area contributed by atoms with E-state index in [-0.39, 0.29) is 29.2 Å². The maximum Gasteiger partial charge on any atom is 0.243 e. The zero-order valence-electron chi connectivity index (χ0n) is 16.0. The number of amides is 2. The van der Waals surface area contributed by atoms with Gasteiger partial charge in [0, 0.05) is 36.4 Å². The number of nitrogens with one attached hydrogen (secondary N) is 2. The number of hydrogen-bond donors (Lipinski definition) is 2. The Bertz CT molecular complexity index is 1040. The molecular weight excluding hydrogens is 412 g/mol. The first-order chi connectivity index (χ1) is 13.8. The summed E-state index contributed by atoms with van der Waals surface area (Å²) in [5.74, 6) is -0.131. The highest BCUT2D eigenvalue weighted by Gasteiger charge is 2.31. The molecule has 0 bridgehead atoms. The molecule has 0 radical (unpaired) electrons. The van der Waals surface area contributed by atoms with Gasteiger partial charge in [0.05, 0.1) is 17.1 Å². The van der Waals surface area contributed by atoms with E-state index in [0.717, 1.165) is 29.8 Å². The van der Waals surface area contributed by atoms with E-state index in [1.807, 2.05) is 0 Å². The van der Waals surface area contributed by atoms with Gasteiger partial charge in [-0.05, 0) is 37.1 Å². The third-order valence-corrected chi connectivity index (χ3v) is 8.07. The minimum Gasteiger partial charge on any atom is -0.326 e. The maximum absolute atomic E-state index is 13.0. The molecule has 29 heavy (non-hydrogen) atoms. The number of benzene rings is 1. The normalized spacial score (nSPS) is 17.3. The number of sulfonamides is 1. The van der Waals surface area contributed by atoms with Crippen LogP contribution in [0.2, 0.25) is 0 Å². The molecule has 1 aromatic heterocycles. The second-order valence-electron chi connectivity index (χ2n) is 7.30. The van der Waals surface area contributed by atoms with Crippen LogP contribution in [-0.2, 0) is 32.6 Å². The molecule has 1 saturated carbocycles. The fourth-order valence-electron chi connectivity index (χ4n) is 3.37. The molecule has 2 aliphatic rings. The molecule has 0 saturated heterocycles. The zero-order chi connectivity index (χ0) is 20.6. The number of fused-ring (bicyclic) bond motifs is 1. The van der Waals surface area contributed by atoms with Crippen LogP contribution < -0.4 is 10.6 Å². The van der Waals surface area contributed by atoms with Crippen LogP contribution in [0.1, 0.15) is 36.8 Å². The summed E-state index contributed by atoms with van der Waals surface area (Å²) in [6.45, 7) is 1.97. The molecule has 2 heterocycles. The lowest BCUT2D eigenvalue weighted by molar-refractivity contribution is -0.122. The fraction of sp³-hybridized carbons (Fsp3) is 0.421. The first-order valence-electron chi connectivity index (χ1n) is 9.50. The minimum atomic E-state index is -3.66. The lowest BCUT2D eigenvalue weighted by Gasteiger charge is -2.25. The smallest absolute Gasteiger partial charge is 0.243 e. The summed E-state index contributed by atoms with van der Waals surface area (Å²) in [7, 11) is -3.66. The van der Waals surface area contributed by atoms with Gasteiger partial charge in [0.15, 0.2) is 5.13 Å². The van der Waals surface area contributed by atoms with Gasteiger partial charge in [-0.25, -0.2) is 13.4 Å². The minimum absolute atomic E-state index is 0.00563. The predicted molar refractivity (Wildman–Crippen MR) is 110 cm³/mol. The molecule has 2 amide bonds. The quantitative estimate of drug-likeness (QED) is 0.752. The van der Waals surface area contributed by atoms with Crippen molar-refractivity contribution in [3.8, 4) is 0 Å². The van der Waals surface area contributed by atoms with Crippen molar-refractivity contribution >= 4 is 44.0 Å². The molecule has 10 heteroatoms. The lowest BCUT2D eigenvalue weighted by Crippen LogP contribution is -2.35. The van der Waals surface area contributed by atoms with Gasteiger partial charge in [0.2, 0.25) is 21.8 Å². The Kier molecular flexibility index (Phi) is 5.41. The maximum atomic E-state index is 13.0. The topological polar surface area (TPSA) is 108 Å². The molecule has 1 aliphatic heterocycles. The Labute approximate surface area is 173 Å². The van der Waals surface area contributed by atoms with E-state index in [4.69, 9.17) is 0 Å². The zero-order valence-corrected chi connectivity index (χ0v) is 17.6. The molecule has 154 valence electrons. The van der Waals surface area contributed by atoms with Gasteiger partial charge in [0.1, 0.15) is 0 Å². The number of carbonyl (C=O) groups excluding carboxylic acids is 2. The number of hydrogen-bond acceptors (Lipinski definition) is 6. The van der Waals surface area contributed by atoms with Crippen molar-refractivity contribution in [2.24, 2.45) is 5.92 Å². The molecule has 8 nitrogen and oxygen atoms in total. The van der Waals surface area contributed by atoms with Crippen molar-refractivity contribution < 1.29 is 18.0 Å². The first kappa shape index (κ1) is 20.0. The predicted octanol–water partition coefficient (Wildman–Crippen LogP) is 2.59. The fourth-order valence-corrected chi connectivity index (χ4v) is 5.89. The standard InChI is InChI=1S/C19H22N4O4S2/c1-12(24)20-14-5-7-15(8-6-14)29(26,27)23-10-9-16-17(11-23)28-19(21-16)22-18(25)13-3-2-4-13/h5-8,13H,2-4,9-11H2,1H3,(H,20,24)(H,21,22,25). The molecule has 0 unspecified atom stereocenters. The highest BCUT2D eigenvalue weighted by Crippen LogP contribution is 2.33. The summed E-state index contributed by atoms with van der Waals surface area (Å²) in [5.41, 5.74) is 1.40. The number of rotatable bonds is 5. The van der Waals surface area contributed by atoms with E-state index >= 15 is 0 Å². The molecule has 1 aliphatic carbocycles. The highest BCUT2D eigenvalue weighted by molar-refractivity contribution is 7.89. The number of thiazole rings is 1. The van der Waals surface area contributed by atoms with E-state index in [1.165, 1.54) is 34.7 Å². The summed E-state index contributed by atoms with van der Waals surface area (Å²) in [6.07, 6.45) is 3.44. The number of nitrogens with zero attached hydrogens (tertiary/aromatic N) is 2. The van der Waals surface area contributed by atoms with Crippen molar-refractivity contribution in [3.63, 3.8) is 0 Å². The molecular formula is C19H22N4O4S2. The number of aromatic nitrogens is 1. The van der Waals surface area contributed by atoms with E-state index in [1.54, 1.807) is 12.1 Å². The van der Waals surface area contributed by atoms with Gasteiger partial charge < -0.3 is 10.6 Å². The van der Waals surface area contributed by atoms with Gasteiger partial charge in [-0.1, -0.05) is 6.42 Å². The van der Waals surface area contributed by atoms with Gasteiger partial charge >= 0.3 is 0 Å². The molecule has 2 aromatic rings. The molecule has 0 spiro atoms. The molecule has 1 aromatic carbocycles. The Morgan fingerprint density at radius 2 is 1.90 bits per heavy atom. The Hall–Kier alpha value is -2.30. The summed E-state index contributed by atoms with van der Waals surface area (Å²) >= 11 is 1.34. The average Bonchev–Trinajstić information content (AvgIpc) is 3.01. The van der Waals surface area contributed by atoms with Crippen LogP contribution in [0.5, 0.6) is 0 Å². The van der Waals surface area contributed by atoms with E-state index in [9.17, 15) is 18.0 Å². The monoisotopic (exact) mass is 434 g/mol. The van der Waals surface area contributed by atoms with Crippen LogP contribution in [0.4, 0.5) is 10.8 Å². The second-order valence-corrected chi connectivity index (χ2v) is 10.3. The molecule has 2 N–H and O–H groups in total. The second kappa shape index (κ2) is 7.85. The van der Waals surface area contributed by atoms with Crippen molar-refractivity contribution in [2.75, 3.05) is 17.2 Å². The Morgan fingerprint density at radius 3 is 2.52 bits per heavy atom. The average molecular weight is 435 g/mol. The van der Waals surface area contributed by atoms with Crippen LogP contribution in [-0.4, -0.2) is 36.1 Å². The molecule has 1 fully saturated rings. The van der Waals surface area contributed by atoms with Crippen molar-refractivity contribution in [1.82, 2.24) is 9.29 Å². The lowest BCUT2D eigenvalue weighted by atomic mass is 9.85. The first-order valence-corrected chi connectivity index (χ1v) is 11.8. The van der Waals surface area contributed by atoms with Crippen LogP contribution in [0.25, 0.3) is 0 Å². The van der Waals surface area contributed by atoms with Crippen molar-refractivity contribution in [2.45, 2.75) is 44.0 Å². The van der Waals surface area contributed by atoms with Crippen molar-refractivity contribution in [1.29, 1.82) is 0 Å². The Balaban J connectivity index is 1.47. The van der Waals surface area contributed by atoms with Crippen LogP contribution >= 0.6 is 11.3 Å². The molecule has 4 rings (SSSR count). The number of carbonyl (C=O) groups is 2. The van der Waals surface area contributed by atoms with E-state index < -0.39 is 10.0 Å². The van der Waals surface area contributed by atoms with Crippen LogP contribution in [0, 0.1) is 5.92 Å². The van der Waals surface area contributed by atoms with Gasteiger partial charge in [-0.2, -0.15) is 4.31 Å². The van der Waals surface area contributed by atoms with Gasteiger partial charge in [0.25, 0.3) is 0 Å². The third kappa shape index (κ3) is 4.19. The van der Waals surface area contributed by atoms with Crippen LogP contribution in [0.15, 0.2) is 29.2 Å². The summed E-state index contributed by atoms with van der Waals surface area (Å²) in [6, 6.07) is 6.13. The van der Waals surface area contributed by atoms with Crippen molar-refractivity contribution in [3.05, 3.63) is 34.8 Å². The Morgan fingerprint density at radius 1 is 1.17 bits per heavy atom. The van der Waals surface area contributed by atoms with Gasteiger partial charge in [-0.15, -0.1) is 11.3 Å². The van der Waals surface area contributed by atoms with Gasteiger partial charge in [-0.3, -0.25) is 9.59 Å². The molecule has 0 atom stereocenters. The largest absolute Gasteiger partial charge is 0.326 e. The SMILES string of the molecule is CC(=O)Nc1ccc(S(=O)(=O)N2CCc3nc(NC(=O)C4CCC4)sc3C2)cc1. The summed E-state index contributed by atoms with van der Waals surface area (Å²) in [4.78, 5) is 28.8.